The van der Waals surface area contributed by atoms with Gasteiger partial charge in [-0.3, -0.25) is 28.8 Å². The highest BCUT2D eigenvalue weighted by molar-refractivity contribution is 7.99. The van der Waals surface area contributed by atoms with Crippen LogP contribution in [0.3, 0.4) is 0 Å². The topological polar surface area (TPSA) is 226 Å². The minimum absolute atomic E-state index is 0.0175. The first-order valence-corrected chi connectivity index (χ1v) is 28.3. The summed E-state index contributed by atoms with van der Waals surface area (Å²) in [5, 5.41) is 15.3. The number of benzene rings is 3. The number of rotatable bonds is 21. The zero-order valence-corrected chi connectivity index (χ0v) is 45.8. The van der Waals surface area contributed by atoms with E-state index in [-0.39, 0.29) is 48.5 Å². The second kappa shape index (κ2) is 23.8. The van der Waals surface area contributed by atoms with Crippen molar-refractivity contribution in [2.45, 2.75) is 115 Å². The number of hydrogen-bond acceptors (Lipinski definition) is 17. The summed E-state index contributed by atoms with van der Waals surface area (Å²) >= 11 is 1.37. The van der Waals surface area contributed by atoms with Crippen molar-refractivity contribution in [1.29, 1.82) is 0 Å². The second-order valence-corrected chi connectivity index (χ2v) is 24.8. The number of nitrogens with one attached hydrogen (secondary N) is 1. The zero-order valence-electron chi connectivity index (χ0n) is 44.0. The molecule has 2 bridgehead atoms. The monoisotopic (exact) mass is 1070 g/mol. The van der Waals surface area contributed by atoms with Crippen LogP contribution in [-0.2, 0) is 60.9 Å². The molecule has 3 aromatic rings. The molecule has 1 aliphatic heterocycles. The van der Waals surface area contributed by atoms with Crippen LogP contribution in [0.15, 0.2) is 102 Å². The molecule has 1 unspecified atom stereocenters. The number of aliphatic hydroxyl groups excluding tert-OH is 1. The van der Waals surface area contributed by atoms with E-state index in [1.54, 1.807) is 97.9 Å². The van der Waals surface area contributed by atoms with E-state index in [1.165, 1.54) is 46.9 Å². The molecule has 0 radical (unpaired) electrons. The second-order valence-electron chi connectivity index (χ2n) is 20.6. The molecule has 75 heavy (non-hydrogen) atoms. The third-order valence-corrected chi connectivity index (χ3v) is 19.8. The van der Waals surface area contributed by atoms with E-state index in [1.807, 2.05) is 13.8 Å². The lowest BCUT2D eigenvalue weighted by Crippen LogP contribution is -2.79. The van der Waals surface area contributed by atoms with Gasteiger partial charge in [-0.25, -0.2) is 4.79 Å². The van der Waals surface area contributed by atoms with Crippen LogP contribution in [0.1, 0.15) is 99.5 Å². The highest BCUT2D eigenvalue weighted by atomic mass is 32.2. The number of thioether (sulfide) groups is 1. The summed E-state index contributed by atoms with van der Waals surface area (Å²) in [5.41, 5.74) is -3.07. The number of carbonyl (C=O) groups excluding carboxylic acids is 7. The van der Waals surface area contributed by atoms with Gasteiger partial charge in [-0.1, -0.05) is 80.6 Å². The van der Waals surface area contributed by atoms with Gasteiger partial charge in [0.2, 0.25) is 0 Å². The van der Waals surface area contributed by atoms with Crippen molar-refractivity contribution in [3.05, 3.63) is 119 Å². The van der Waals surface area contributed by atoms with Crippen LogP contribution in [0.2, 0.25) is 6.04 Å². The van der Waals surface area contributed by atoms with Crippen molar-refractivity contribution >= 4 is 61.9 Å². The molecular formula is C56H69NO16SSi. The third kappa shape index (κ3) is 11.6. The minimum Gasteiger partial charge on any atom is -0.458 e. The first-order chi connectivity index (χ1) is 35.7. The van der Waals surface area contributed by atoms with Gasteiger partial charge in [0, 0.05) is 65.5 Å². The van der Waals surface area contributed by atoms with Gasteiger partial charge in [0.1, 0.15) is 24.1 Å². The zero-order chi connectivity index (χ0) is 54.5. The number of esters is 4. The van der Waals surface area contributed by atoms with E-state index in [0.717, 1.165) is 6.92 Å². The Bertz CT molecular complexity index is 2600. The summed E-state index contributed by atoms with van der Waals surface area (Å²) in [5.74, 6) is -7.66. The number of aliphatic hydroxyl groups is 1. The normalized spacial score (nSPS) is 27.6. The van der Waals surface area contributed by atoms with Crippen LogP contribution in [0.5, 0.6) is 0 Å². The Labute approximate surface area is 443 Å². The molecule has 1 amide bonds. The molecule has 2 saturated carbocycles. The lowest BCUT2D eigenvalue weighted by molar-refractivity contribution is -0.335. The maximum Gasteiger partial charge on any atom is 0.500 e. The van der Waals surface area contributed by atoms with Gasteiger partial charge in [0.15, 0.2) is 17.5 Å². The highest BCUT2D eigenvalue weighted by Crippen LogP contribution is 2.63. The standard InChI is InChI=1S/C56H69NO16SSi/c1-33-42(71-53(65)40(28-39(60)31-74-26-19-27-75(66-7,67-8)68-9)46(36-20-13-10-14-21-36)57-51(63)37-22-15-11-16-23-37)29-41-47(72-52(64)38-24-17-12-18-25-38)49-55(6,43(61)30-44-56(49,32-69-44)73-35(3)59)50(62)48(70-34(2)58)45(33)54(41,4)5/h10-18,20-25,40-44,46-49,61H,19,26-32H2,1-9H3,(H,57,63)/t40-,41?,42+,43+,44-,46+,47-,48-,49+,55-,56+/m1/s1. The van der Waals surface area contributed by atoms with Crippen LogP contribution in [0.25, 0.3) is 0 Å². The molecule has 0 spiro atoms. The van der Waals surface area contributed by atoms with Crippen LogP contribution in [-0.4, -0.2) is 131 Å². The lowest BCUT2D eigenvalue weighted by atomic mass is 9.46. The van der Waals surface area contributed by atoms with Crippen LogP contribution in [0.4, 0.5) is 0 Å². The molecule has 3 aliphatic carbocycles. The van der Waals surface area contributed by atoms with Gasteiger partial charge in [0.25, 0.3) is 5.91 Å². The Hall–Kier alpha value is -5.54. The fraction of sp³-hybridized carbons (Fsp3) is 0.518. The number of ketones is 2. The van der Waals surface area contributed by atoms with E-state index in [4.69, 9.17) is 37.0 Å². The van der Waals surface area contributed by atoms with E-state index < -0.39 is 115 Å². The Morgan fingerprint density at radius 2 is 1.41 bits per heavy atom. The van der Waals surface area contributed by atoms with Crippen molar-refractivity contribution in [3.8, 4) is 0 Å². The van der Waals surface area contributed by atoms with Crippen molar-refractivity contribution in [1.82, 2.24) is 5.32 Å². The molecule has 1 heterocycles. The fourth-order valence-corrected chi connectivity index (χ4v) is 14.8. The minimum atomic E-state index is -2.86. The maximum atomic E-state index is 15.8. The average Bonchev–Trinajstić information content (AvgIpc) is 3.39. The van der Waals surface area contributed by atoms with Crippen molar-refractivity contribution in [2.75, 3.05) is 39.4 Å². The van der Waals surface area contributed by atoms with E-state index >= 15 is 9.59 Å². The average molecular weight is 1070 g/mol. The third-order valence-electron chi connectivity index (χ3n) is 15.8. The number of fused-ring (bicyclic) bond motifs is 5. The fourth-order valence-electron chi connectivity index (χ4n) is 12.0. The number of Topliss-reactive ketones (excluding diaryl/α,β-unsaturated/α-hetero) is 2. The molecule has 404 valence electrons. The SMILES string of the molecule is CO[Si](CCCSCC(=O)C[C@@H](C(=O)O[C@H]1CC2[C@@H](OC(=O)c3ccccc3)[C@@H]3[C@]4(OC(C)=O)CO[C@@H]4C[C@H](O)[C@@]3(C)C(=O)[C@H](OC(C)=O)C(=C1C)C2(C)C)[C@@H](NC(=O)c1ccccc1)c1ccccc1)(OC)OC. The lowest BCUT2D eigenvalue weighted by Gasteiger charge is -2.66. The molecule has 19 heteroatoms. The van der Waals surface area contributed by atoms with Crippen LogP contribution < -0.4 is 5.32 Å². The van der Waals surface area contributed by atoms with E-state index in [0.29, 0.717) is 34.9 Å². The number of ether oxygens (including phenoxy) is 5. The van der Waals surface area contributed by atoms with E-state index in [9.17, 15) is 29.1 Å². The summed E-state index contributed by atoms with van der Waals surface area (Å²) in [6.07, 6.45) is -6.57. The molecule has 17 nitrogen and oxygen atoms in total. The van der Waals surface area contributed by atoms with Crippen LogP contribution >= 0.6 is 11.8 Å². The Morgan fingerprint density at radius 3 is 1.97 bits per heavy atom. The summed E-state index contributed by atoms with van der Waals surface area (Å²) in [6, 6.07) is 24.9. The molecule has 3 aromatic carbocycles. The quantitative estimate of drug-likeness (QED) is 0.0366. The predicted octanol–water partition coefficient (Wildman–Crippen LogP) is 6.84. The maximum absolute atomic E-state index is 15.8. The molecule has 2 N–H and O–H groups in total. The molecule has 11 atom stereocenters. The van der Waals surface area contributed by atoms with Crippen LogP contribution in [0, 0.1) is 28.6 Å². The number of amides is 1. The number of carbonyl (C=O) groups is 7. The summed E-state index contributed by atoms with van der Waals surface area (Å²) in [4.78, 5) is 101. The molecular weight excluding hydrogens is 1000 g/mol. The van der Waals surface area contributed by atoms with Gasteiger partial charge in [-0.2, -0.15) is 11.8 Å². The predicted molar refractivity (Wildman–Crippen MR) is 277 cm³/mol. The van der Waals surface area contributed by atoms with E-state index in [2.05, 4.69) is 5.32 Å². The smallest absolute Gasteiger partial charge is 0.458 e. The van der Waals surface area contributed by atoms with Gasteiger partial charge in [-0.15, -0.1) is 0 Å². The number of hydrogen-bond donors (Lipinski definition) is 2. The van der Waals surface area contributed by atoms with Gasteiger partial charge >= 0.3 is 32.7 Å². The largest absolute Gasteiger partial charge is 0.500 e. The first-order valence-electron chi connectivity index (χ1n) is 25.2. The Kier molecular flexibility index (Phi) is 18.1. The van der Waals surface area contributed by atoms with Crippen molar-refractivity contribution < 1.29 is 75.6 Å². The molecule has 1 saturated heterocycles. The Balaban J connectivity index is 1.33. The van der Waals surface area contributed by atoms with Gasteiger partial charge < -0.3 is 47.4 Å². The Morgan fingerprint density at radius 1 is 0.813 bits per heavy atom. The molecule has 4 aliphatic rings. The summed E-state index contributed by atoms with van der Waals surface area (Å²) < 4.78 is 48.3. The highest BCUT2D eigenvalue weighted by Gasteiger charge is 2.75. The van der Waals surface area contributed by atoms with Gasteiger partial charge in [0.05, 0.1) is 47.3 Å². The molecule has 3 fully saturated rings. The van der Waals surface area contributed by atoms with Gasteiger partial charge in [-0.05, 0) is 78.8 Å². The van der Waals surface area contributed by atoms with Crippen molar-refractivity contribution in [2.24, 2.45) is 28.6 Å². The molecule has 0 aromatic heterocycles. The molecule has 7 rings (SSSR count). The summed E-state index contributed by atoms with van der Waals surface area (Å²) in [7, 11) is 1.73. The summed E-state index contributed by atoms with van der Waals surface area (Å²) in [6.45, 7) is 9.01. The first kappa shape index (κ1) is 57.2. The van der Waals surface area contributed by atoms with Crippen molar-refractivity contribution in [3.63, 3.8) is 0 Å².